The molecule has 1 heterocycles. The van der Waals surface area contributed by atoms with E-state index in [9.17, 15) is 18.0 Å². The lowest BCUT2D eigenvalue weighted by atomic mass is 10.1. The van der Waals surface area contributed by atoms with Gasteiger partial charge in [0.05, 0.1) is 17.9 Å². The summed E-state index contributed by atoms with van der Waals surface area (Å²) in [5.41, 5.74) is 0.599. The highest BCUT2D eigenvalue weighted by molar-refractivity contribution is 14.0. The van der Waals surface area contributed by atoms with Crippen molar-refractivity contribution >= 4 is 35.8 Å². The first-order valence-electron chi connectivity index (χ1n) is 9.76. The van der Waals surface area contributed by atoms with E-state index in [0.717, 1.165) is 17.7 Å². The maximum atomic E-state index is 12.9. The molecule has 1 aromatic carbocycles. The van der Waals surface area contributed by atoms with E-state index in [2.05, 4.69) is 20.9 Å². The van der Waals surface area contributed by atoms with Gasteiger partial charge in [-0.05, 0) is 51.0 Å². The molecule has 1 atom stereocenters. The fraction of sp³-hybridized carbons (Fsp3) is 0.429. The number of carbonyl (C=O) groups excluding carboxylic acids is 1. The zero-order chi connectivity index (χ0) is 22.1. The fourth-order valence-corrected chi connectivity index (χ4v) is 2.75. The molecular weight excluding hydrogens is 524 g/mol. The van der Waals surface area contributed by atoms with Gasteiger partial charge in [0.2, 0.25) is 0 Å². The number of carbonyl (C=O) groups is 1. The monoisotopic (exact) mass is 552 g/mol. The number of rotatable bonds is 8. The molecule has 10 heteroatoms. The molecule has 0 bridgehead atoms. The Hall–Kier alpha value is -2.24. The molecule has 6 nitrogen and oxygen atoms in total. The van der Waals surface area contributed by atoms with Gasteiger partial charge in [0.1, 0.15) is 0 Å². The number of aryl methyl sites for hydroxylation is 1. The Morgan fingerprint density at radius 1 is 1.23 bits per heavy atom. The normalized spacial score (nSPS) is 12.6. The Kier molecular flexibility index (Phi) is 10.9. The first kappa shape index (κ1) is 26.8. The van der Waals surface area contributed by atoms with Crippen LogP contribution >= 0.6 is 24.0 Å². The van der Waals surface area contributed by atoms with Crippen LogP contribution in [-0.4, -0.2) is 31.5 Å². The Labute approximate surface area is 197 Å². The second-order valence-corrected chi connectivity index (χ2v) is 6.79. The SMILES string of the molecule is CCNC(=NCCCNC(=O)c1occc1C)NC(C)c1cccc(C(F)(F)F)c1.I. The van der Waals surface area contributed by atoms with Crippen molar-refractivity contribution < 1.29 is 22.4 Å². The lowest BCUT2D eigenvalue weighted by molar-refractivity contribution is -0.137. The Bertz CT molecular complexity index is 868. The molecule has 172 valence electrons. The minimum absolute atomic E-state index is 0. The number of furan rings is 1. The summed E-state index contributed by atoms with van der Waals surface area (Å²) in [5.74, 6) is 0.517. The van der Waals surface area contributed by atoms with Gasteiger partial charge in [0.25, 0.3) is 5.91 Å². The summed E-state index contributed by atoms with van der Waals surface area (Å²) in [6.45, 7) is 6.93. The highest BCUT2D eigenvalue weighted by Crippen LogP contribution is 2.30. The van der Waals surface area contributed by atoms with Gasteiger partial charge in [-0.25, -0.2) is 0 Å². The molecule has 0 spiro atoms. The number of amides is 1. The van der Waals surface area contributed by atoms with Crippen molar-refractivity contribution in [3.63, 3.8) is 0 Å². The molecule has 1 unspecified atom stereocenters. The van der Waals surface area contributed by atoms with Crippen molar-refractivity contribution in [1.82, 2.24) is 16.0 Å². The molecule has 0 aliphatic rings. The van der Waals surface area contributed by atoms with Crippen molar-refractivity contribution in [2.45, 2.75) is 39.4 Å². The predicted molar refractivity (Wildman–Crippen MR) is 125 cm³/mol. The topological polar surface area (TPSA) is 78.7 Å². The summed E-state index contributed by atoms with van der Waals surface area (Å²) in [5, 5.41) is 8.95. The fourth-order valence-electron chi connectivity index (χ4n) is 2.75. The van der Waals surface area contributed by atoms with Crippen LogP contribution in [0.5, 0.6) is 0 Å². The Balaban J connectivity index is 0.00000480. The quantitative estimate of drug-likeness (QED) is 0.193. The van der Waals surface area contributed by atoms with E-state index in [4.69, 9.17) is 4.42 Å². The van der Waals surface area contributed by atoms with Crippen molar-refractivity contribution in [3.8, 4) is 0 Å². The zero-order valence-corrected chi connectivity index (χ0v) is 20.0. The third-order valence-corrected chi connectivity index (χ3v) is 4.37. The van der Waals surface area contributed by atoms with Gasteiger partial charge in [0.15, 0.2) is 11.7 Å². The number of nitrogens with one attached hydrogen (secondary N) is 3. The largest absolute Gasteiger partial charge is 0.459 e. The summed E-state index contributed by atoms with van der Waals surface area (Å²) in [6, 6.07) is 6.57. The van der Waals surface area contributed by atoms with Gasteiger partial charge in [-0.3, -0.25) is 9.79 Å². The molecule has 0 fully saturated rings. The van der Waals surface area contributed by atoms with Crippen LogP contribution in [0.15, 0.2) is 46.0 Å². The number of hydrogen-bond acceptors (Lipinski definition) is 3. The minimum atomic E-state index is -4.38. The minimum Gasteiger partial charge on any atom is -0.459 e. The van der Waals surface area contributed by atoms with E-state index in [1.807, 2.05) is 6.92 Å². The molecule has 0 aliphatic carbocycles. The van der Waals surface area contributed by atoms with Gasteiger partial charge < -0.3 is 20.4 Å². The molecular formula is C21H28F3IN4O2. The van der Waals surface area contributed by atoms with Crippen LogP contribution in [0.2, 0.25) is 0 Å². The summed E-state index contributed by atoms with van der Waals surface area (Å²) in [6.07, 6.45) is -2.32. The lowest BCUT2D eigenvalue weighted by Crippen LogP contribution is -2.39. The van der Waals surface area contributed by atoms with Crippen LogP contribution in [0.4, 0.5) is 13.2 Å². The van der Waals surface area contributed by atoms with E-state index in [1.165, 1.54) is 12.3 Å². The van der Waals surface area contributed by atoms with Crippen LogP contribution in [0.25, 0.3) is 0 Å². The first-order valence-corrected chi connectivity index (χ1v) is 9.76. The van der Waals surface area contributed by atoms with Crippen LogP contribution in [0, 0.1) is 6.92 Å². The van der Waals surface area contributed by atoms with Crippen LogP contribution in [0.1, 0.15) is 53.6 Å². The van der Waals surface area contributed by atoms with Crippen LogP contribution in [0.3, 0.4) is 0 Å². The van der Waals surface area contributed by atoms with Crippen molar-refractivity contribution in [2.24, 2.45) is 4.99 Å². The second kappa shape index (κ2) is 12.6. The second-order valence-electron chi connectivity index (χ2n) is 6.79. The number of halogens is 4. The number of alkyl halides is 3. The molecule has 3 N–H and O–H groups in total. The third-order valence-electron chi connectivity index (χ3n) is 4.37. The first-order chi connectivity index (χ1) is 14.2. The zero-order valence-electron chi connectivity index (χ0n) is 17.7. The maximum Gasteiger partial charge on any atom is 0.416 e. The van der Waals surface area contributed by atoms with Crippen LogP contribution < -0.4 is 16.0 Å². The molecule has 2 rings (SSSR count). The molecule has 1 aromatic heterocycles. The standard InChI is InChI=1S/C21H27F3N4O2.HI/c1-4-25-20(27-11-6-10-26-19(29)18-14(2)9-12-30-18)28-15(3)16-7-5-8-17(13-16)21(22,23)24;/h5,7-9,12-13,15H,4,6,10-11H2,1-3H3,(H,26,29)(H2,25,27,28);1H. The molecule has 0 saturated carbocycles. The van der Waals surface area contributed by atoms with E-state index in [-0.39, 0.29) is 35.9 Å². The maximum absolute atomic E-state index is 12.9. The van der Waals surface area contributed by atoms with Gasteiger partial charge in [0, 0.05) is 25.2 Å². The summed E-state index contributed by atoms with van der Waals surface area (Å²) < 4.78 is 43.9. The number of nitrogens with zero attached hydrogens (tertiary/aromatic N) is 1. The molecule has 0 saturated heterocycles. The Morgan fingerprint density at radius 3 is 2.58 bits per heavy atom. The summed E-state index contributed by atoms with van der Waals surface area (Å²) >= 11 is 0. The molecule has 31 heavy (non-hydrogen) atoms. The van der Waals surface area contributed by atoms with Gasteiger partial charge in [-0.15, -0.1) is 24.0 Å². The summed E-state index contributed by atoms with van der Waals surface area (Å²) in [4.78, 5) is 16.4. The van der Waals surface area contributed by atoms with Crippen molar-refractivity contribution in [3.05, 3.63) is 59.0 Å². The lowest BCUT2D eigenvalue weighted by Gasteiger charge is -2.19. The number of guanidine groups is 1. The van der Waals surface area contributed by atoms with E-state index in [0.29, 0.717) is 43.3 Å². The van der Waals surface area contributed by atoms with E-state index < -0.39 is 11.7 Å². The highest BCUT2D eigenvalue weighted by Gasteiger charge is 2.30. The Morgan fingerprint density at radius 2 is 1.97 bits per heavy atom. The highest BCUT2D eigenvalue weighted by atomic mass is 127. The van der Waals surface area contributed by atoms with E-state index in [1.54, 1.807) is 26.0 Å². The number of hydrogen-bond donors (Lipinski definition) is 3. The summed E-state index contributed by atoms with van der Waals surface area (Å²) in [7, 11) is 0. The number of aliphatic imine (C=N–C) groups is 1. The third kappa shape index (κ3) is 8.42. The van der Waals surface area contributed by atoms with Gasteiger partial charge in [-0.1, -0.05) is 12.1 Å². The molecule has 2 aromatic rings. The molecule has 1 amide bonds. The predicted octanol–water partition coefficient (Wildman–Crippen LogP) is 4.66. The van der Waals surface area contributed by atoms with E-state index >= 15 is 0 Å². The van der Waals surface area contributed by atoms with Gasteiger partial charge in [-0.2, -0.15) is 13.2 Å². The molecule has 0 radical (unpaired) electrons. The average Bonchev–Trinajstić information content (AvgIpc) is 3.13. The average molecular weight is 552 g/mol. The number of benzene rings is 1. The van der Waals surface area contributed by atoms with Gasteiger partial charge >= 0.3 is 6.18 Å². The smallest absolute Gasteiger partial charge is 0.416 e. The van der Waals surface area contributed by atoms with Crippen LogP contribution in [-0.2, 0) is 6.18 Å². The van der Waals surface area contributed by atoms with Crippen molar-refractivity contribution in [1.29, 1.82) is 0 Å². The van der Waals surface area contributed by atoms with Crippen molar-refractivity contribution in [2.75, 3.05) is 19.6 Å². The molecule has 0 aliphatic heterocycles.